The fourth-order valence-corrected chi connectivity index (χ4v) is 2.29. The highest BCUT2D eigenvalue weighted by atomic mass is 16.5. The molecule has 0 bridgehead atoms. The van der Waals surface area contributed by atoms with E-state index in [1.54, 1.807) is 48.5 Å². The van der Waals surface area contributed by atoms with E-state index in [1.807, 2.05) is 0 Å². The molecule has 3 aromatic rings. The number of rotatable bonds is 6. The fraction of sp³-hybridized carbons (Fsp3) is 0.167. The molecule has 27 heavy (non-hydrogen) atoms. The SMILES string of the molecule is COc1ccc(C(=O)NCC(=O)OCn2nnc3ccccc3c2=O)cc1. The molecule has 0 atom stereocenters. The molecule has 9 heteroatoms. The van der Waals surface area contributed by atoms with Crippen molar-refractivity contribution in [3.63, 3.8) is 0 Å². The Bertz CT molecular complexity index is 1030. The lowest BCUT2D eigenvalue weighted by Gasteiger charge is -2.08. The van der Waals surface area contributed by atoms with Crippen LogP contribution in [0.5, 0.6) is 5.75 Å². The molecule has 1 aromatic heterocycles. The summed E-state index contributed by atoms with van der Waals surface area (Å²) in [5, 5.41) is 10.4. The summed E-state index contributed by atoms with van der Waals surface area (Å²) in [5.74, 6) is -0.524. The molecule has 0 unspecified atom stereocenters. The summed E-state index contributed by atoms with van der Waals surface area (Å²) >= 11 is 0. The van der Waals surface area contributed by atoms with Gasteiger partial charge < -0.3 is 14.8 Å². The van der Waals surface area contributed by atoms with Crippen molar-refractivity contribution in [1.82, 2.24) is 20.3 Å². The molecule has 0 spiro atoms. The molecule has 9 nitrogen and oxygen atoms in total. The van der Waals surface area contributed by atoms with E-state index in [1.165, 1.54) is 7.11 Å². The van der Waals surface area contributed by atoms with Crippen LogP contribution in [0.25, 0.3) is 10.9 Å². The van der Waals surface area contributed by atoms with Crippen LogP contribution in [0.15, 0.2) is 53.3 Å². The fourth-order valence-electron chi connectivity index (χ4n) is 2.29. The maximum atomic E-state index is 12.2. The Morgan fingerprint density at radius 1 is 1.11 bits per heavy atom. The van der Waals surface area contributed by atoms with Crippen LogP contribution in [0.4, 0.5) is 0 Å². The molecule has 1 amide bonds. The number of carbonyl (C=O) groups excluding carboxylic acids is 2. The van der Waals surface area contributed by atoms with Gasteiger partial charge in [0.15, 0.2) is 6.73 Å². The molecule has 0 fully saturated rings. The third-order valence-electron chi connectivity index (χ3n) is 3.72. The molecule has 1 heterocycles. The van der Waals surface area contributed by atoms with Crippen LogP contribution < -0.4 is 15.6 Å². The molecular weight excluding hydrogens is 352 g/mol. The Balaban J connectivity index is 1.54. The summed E-state index contributed by atoms with van der Waals surface area (Å²) in [6, 6.07) is 13.1. The zero-order valence-corrected chi connectivity index (χ0v) is 14.4. The first-order valence-corrected chi connectivity index (χ1v) is 7.99. The van der Waals surface area contributed by atoms with Crippen molar-refractivity contribution in [2.24, 2.45) is 0 Å². The molecule has 0 radical (unpaired) electrons. The lowest BCUT2D eigenvalue weighted by Crippen LogP contribution is -2.32. The number of methoxy groups -OCH3 is 1. The van der Waals surface area contributed by atoms with Gasteiger partial charge in [0, 0.05) is 5.56 Å². The summed E-state index contributed by atoms with van der Waals surface area (Å²) in [6.45, 7) is -0.742. The van der Waals surface area contributed by atoms with Crippen molar-refractivity contribution in [1.29, 1.82) is 0 Å². The van der Waals surface area contributed by atoms with E-state index in [-0.39, 0.29) is 6.54 Å². The van der Waals surface area contributed by atoms with Crippen LogP contribution in [-0.2, 0) is 16.3 Å². The van der Waals surface area contributed by atoms with Crippen molar-refractivity contribution in [2.45, 2.75) is 6.73 Å². The van der Waals surface area contributed by atoms with E-state index in [9.17, 15) is 14.4 Å². The van der Waals surface area contributed by atoms with E-state index in [0.29, 0.717) is 22.2 Å². The second kappa shape index (κ2) is 8.09. The highest BCUT2D eigenvalue weighted by molar-refractivity contribution is 5.96. The van der Waals surface area contributed by atoms with Crippen molar-refractivity contribution in [2.75, 3.05) is 13.7 Å². The third kappa shape index (κ3) is 4.27. The van der Waals surface area contributed by atoms with E-state index < -0.39 is 24.2 Å². The Morgan fingerprint density at radius 3 is 2.59 bits per heavy atom. The van der Waals surface area contributed by atoms with Gasteiger partial charge in [-0.2, -0.15) is 4.68 Å². The number of aromatic nitrogens is 3. The predicted octanol–water partition coefficient (Wildman–Crippen LogP) is 0.731. The first-order chi connectivity index (χ1) is 13.1. The minimum atomic E-state index is -0.710. The number of benzene rings is 2. The second-order valence-electron chi connectivity index (χ2n) is 5.47. The maximum Gasteiger partial charge on any atom is 0.327 e. The number of ether oxygens (including phenoxy) is 2. The van der Waals surface area contributed by atoms with Gasteiger partial charge in [-0.1, -0.05) is 17.3 Å². The van der Waals surface area contributed by atoms with Crippen LogP contribution >= 0.6 is 0 Å². The molecular formula is C18H16N4O5. The van der Waals surface area contributed by atoms with Crippen LogP contribution in [0.3, 0.4) is 0 Å². The molecule has 3 rings (SSSR count). The smallest absolute Gasteiger partial charge is 0.327 e. The van der Waals surface area contributed by atoms with Crippen molar-refractivity contribution in [3.05, 3.63) is 64.4 Å². The lowest BCUT2D eigenvalue weighted by atomic mass is 10.2. The molecule has 2 aromatic carbocycles. The summed E-state index contributed by atoms with van der Waals surface area (Å²) in [4.78, 5) is 36.0. The van der Waals surface area contributed by atoms with Crippen LogP contribution in [-0.4, -0.2) is 40.5 Å². The van der Waals surface area contributed by atoms with Gasteiger partial charge in [-0.05, 0) is 36.4 Å². The zero-order valence-electron chi connectivity index (χ0n) is 14.4. The average Bonchev–Trinajstić information content (AvgIpc) is 2.71. The van der Waals surface area contributed by atoms with E-state index >= 15 is 0 Å². The highest BCUT2D eigenvalue weighted by Crippen LogP contribution is 2.11. The number of nitrogens with one attached hydrogen (secondary N) is 1. The summed E-state index contributed by atoms with van der Waals surface area (Å²) < 4.78 is 10.9. The lowest BCUT2D eigenvalue weighted by molar-refractivity contribution is -0.146. The van der Waals surface area contributed by atoms with Gasteiger partial charge in [0.1, 0.15) is 17.8 Å². The van der Waals surface area contributed by atoms with Crippen LogP contribution in [0.1, 0.15) is 10.4 Å². The van der Waals surface area contributed by atoms with Gasteiger partial charge in [0.25, 0.3) is 11.5 Å². The molecule has 1 N–H and O–H groups in total. The van der Waals surface area contributed by atoms with Crippen molar-refractivity contribution in [3.8, 4) is 5.75 Å². The average molecular weight is 368 g/mol. The number of nitrogens with zero attached hydrogens (tertiary/aromatic N) is 3. The number of hydrogen-bond acceptors (Lipinski definition) is 7. The molecule has 0 aliphatic rings. The first-order valence-electron chi connectivity index (χ1n) is 7.99. The topological polar surface area (TPSA) is 112 Å². The molecule has 0 saturated carbocycles. The minimum Gasteiger partial charge on any atom is -0.497 e. The summed E-state index contributed by atoms with van der Waals surface area (Å²) in [6.07, 6.45) is 0. The minimum absolute atomic E-state index is 0.347. The Hall–Kier alpha value is -3.75. The maximum absolute atomic E-state index is 12.2. The highest BCUT2D eigenvalue weighted by Gasteiger charge is 2.11. The van der Waals surface area contributed by atoms with Gasteiger partial charge in [-0.25, -0.2) is 0 Å². The van der Waals surface area contributed by atoms with Gasteiger partial charge in [-0.15, -0.1) is 5.10 Å². The first kappa shape index (κ1) is 18.1. The molecule has 0 aliphatic carbocycles. The van der Waals surface area contributed by atoms with E-state index in [4.69, 9.17) is 9.47 Å². The third-order valence-corrected chi connectivity index (χ3v) is 3.72. The summed E-state index contributed by atoms with van der Waals surface area (Å²) in [7, 11) is 1.52. The second-order valence-corrected chi connectivity index (χ2v) is 5.47. The van der Waals surface area contributed by atoms with Gasteiger partial charge in [0.2, 0.25) is 0 Å². The largest absolute Gasteiger partial charge is 0.497 e. The quantitative estimate of drug-likeness (QED) is 0.638. The molecule has 0 aliphatic heterocycles. The summed E-state index contributed by atoms with van der Waals surface area (Å²) in [5.41, 5.74) is 0.410. The number of hydrogen-bond donors (Lipinski definition) is 1. The van der Waals surface area contributed by atoms with E-state index in [2.05, 4.69) is 15.6 Å². The monoisotopic (exact) mass is 368 g/mol. The molecule has 138 valence electrons. The molecule has 0 saturated heterocycles. The van der Waals surface area contributed by atoms with Gasteiger partial charge in [-0.3, -0.25) is 14.4 Å². The Morgan fingerprint density at radius 2 is 1.85 bits per heavy atom. The number of carbonyl (C=O) groups is 2. The predicted molar refractivity (Wildman–Crippen MR) is 95.2 cm³/mol. The van der Waals surface area contributed by atoms with Crippen LogP contribution in [0.2, 0.25) is 0 Å². The normalized spacial score (nSPS) is 10.4. The van der Waals surface area contributed by atoms with E-state index in [0.717, 1.165) is 4.68 Å². The number of amides is 1. The number of fused-ring (bicyclic) bond motifs is 1. The van der Waals surface area contributed by atoms with Crippen molar-refractivity contribution >= 4 is 22.8 Å². The standard InChI is InChI=1S/C18H16N4O5/c1-26-13-8-6-12(7-9-13)17(24)19-10-16(23)27-11-22-18(25)14-4-2-3-5-15(14)20-21-22/h2-9H,10-11H2,1H3,(H,19,24). The van der Waals surface area contributed by atoms with Gasteiger partial charge >= 0.3 is 5.97 Å². The number of esters is 1. The van der Waals surface area contributed by atoms with Crippen molar-refractivity contribution < 1.29 is 19.1 Å². The van der Waals surface area contributed by atoms with Crippen LogP contribution in [0, 0.1) is 0 Å². The Kier molecular flexibility index (Phi) is 5.41. The van der Waals surface area contributed by atoms with Gasteiger partial charge in [0.05, 0.1) is 12.5 Å². The Labute approximate surface area is 153 Å². The zero-order chi connectivity index (χ0) is 19.2.